The molecule has 1 aromatic rings. The van der Waals surface area contributed by atoms with Crippen LogP contribution in [0.2, 0.25) is 0 Å². The molecular formula is C15H21NO5S. The van der Waals surface area contributed by atoms with Crippen molar-refractivity contribution >= 4 is 16.1 Å². The van der Waals surface area contributed by atoms with E-state index in [1.54, 1.807) is 6.92 Å². The lowest BCUT2D eigenvalue weighted by Gasteiger charge is -2.32. The Morgan fingerprint density at radius 2 is 2.00 bits per heavy atom. The fraction of sp³-hybridized carbons (Fsp3) is 0.533. The van der Waals surface area contributed by atoms with E-state index >= 15 is 0 Å². The second-order valence-corrected chi connectivity index (χ2v) is 7.36. The minimum atomic E-state index is -3.57. The fourth-order valence-electron chi connectivity index (χ4n) is 2.87. The van der Waals surface area contributed by atoms with Crippen molar-refractivity contribution in [1.82, 2.24) is 4.90 Å². The summed E-state index contributed by atoms with van der Waals surface area (Å²) in [5, 5.41) is 0. The predicted molar refractivity (Wildman–Crippen MR) is 81.6 cm³/mol. The number of ether oxygens (including phenoxy) is 1. The van der Waals surface area contributed by atoms with Crippen molar-refractivity contribution in [3.63, 3.8) is 0 Å². The topological polar surface area (TPSA) is 72.9 Å². The Bertz CT molecular complexity index is 631. The molecule has 22 heavy (non-hydrogen) atoms. The van der Waals surface area contributed by atoms with Gasteiger partial charge in [0.15, 0.2) is 0 Å². The van der Waals surface area contributed by atoms with Crippen LogP contribution in [0.4, 0.5) is 0 Å². The molecule has 0 amide bonds. The lowest BCUT2D eigenvalue weighted by atomic mass is 9.98. The number of carbonyl (C=O) groups is 1. The summed E-state index contributed by atoms with van der Waals surface area (Å²) < 4.78 is 32.7. The Balaban J connectivity index is 2.22. The predicted octanol–water partition coefficient (Wildman–Crippen LogP) is 1.17. The molecule has 1 saturated heterocycles. The molecule has 1 heterocycles. The number of nitrogens with zero attached hydrogens (tertiary/aromatic N) is 1. The van der Waals surface area contributed by atoms with Crippen molar-refractivity contribution < 1.29 is 22.1 Å². The van der Waals surface area contributed by atoms with Crippen LogP contribution >= 0.6 is 0 Å². The maximum atomic E-state index is 12.2. The molecule has 2 atom stereocenters. The van der Waals surface area contributed by atoms with Crippen LogP contribution in [0.1, 0.15) is 18.9 Å². The van der Waals surface area contributed by atoms with Gasteiger partial charge in [-0.25, -0.2) is 0 Å². The zero-order valence-corrected chi connectivity index (χ0v) is 13.8. The number of rotatable bonds is 5. The van der Waals surface area contributed by atoms with E-state index in [2.05, 4.69) is 0 Å². The molecule has 0 aliphatic carbocycles. The van der Waals surface area contributed by atoms with Crippen LogP contribution in [0.5, 0.6) is 0 Å². The Labute approximate surface area is 131 Å². The summed E-state index contributed by atoms with van der Waals surface area (Å²) >= 11 is 0. The van der Waals surface area contributed by atoms with Crippen LogP contribution in [0.15, 0.2) is 30.3 Å². The minimum absolute atomic E-state index is 0.277. The van der Waals surface area contributed by atoms with Crippen molar-refractivity contribution in [2.45, 2.75) is 31.5 Å². The van der Waals surface area contributed by atoms with E-state index in [0.717, 1.165) is 11.8 Å². The van der Waals surface area contributed by atoms with E-state index in [1.807, 2.05) is 35.2 Å². The van der Waals surface area contributed by atoms with Gasteiger partial charge in [0.1, 0.15) is 5.54 Å². The Morgan fingerprint density at radius 3 is 2.55 bits per heavy atom. The molecule has 0 N–H and O–H groups in total. The van der Waals surface area contributed by atoms with Gasteiger partial charge in [0.2, 0.25) is 0 Å². The number of carbonyl (C=O) groups excluding carboxylic acids is 1. The zero-order valence-electron chi connectivity index (χ0n) is 13.0. The van der Waals surface area contributed by atoms with Gasteiger partial charge in [-0.05, 0) is 12.5 Å². The largest absolute Gasteiger partial charge is 0.468 e. The first-order valence-electron chi connectivity index (χ1n) is 7.00. The van der Waals surface area contributed by atoms with Crippen LogP contribution < -0.4 is 0 Å². The van der Waals surface area contributed by atoms with E-state index in [-0.39, 0.29) is 12.4 Å². The first-order valence-corrected chi connectivity index (χ1v) is 8.82. The fourth-order valence-corrected chi connectivity index (χ4v) is 3.49. The average molecular weight is 327 g/mol. The summed E-state index contributed by atoms with van der Waals surface area (Å²) in [6.07, 6.45) is 0.741. The molecule has 122 valence electrons. The van der Waals surface area contributed by atoms with Crippen molar-refractivity contribution in [3.8, 4) is 0 Å². The van der Waals surface area contributed by atoms with Gasteiger partial charge in [0, 0.05) is 19.5 Å². The van der Waals surface area contributed by atoms with E-state index < -0.39 is 21.8 Å². The van der Waals surface area contributed by atoms with E-state index in [9.17, 15) is 13.2 Å². The third-order valence-corrected chi connectivity index (χ3v) is 4.52. The van der Waals surface area contributed by atoms with Gasteiger partial charge in [-0.1, -0.05) is 30.3 Å². The van der Waals surface area contributed by atoms with E-state index in [4.69, 9.17) is 8.92 Å². The average Bonchev–Trinajstić information content (AvgIpc) is 2.74. The normalized spacial score (nSPS) is 26.0. The molecule has 1 aliphatic heterocycles. The summed E-state index contributed by atoms with van der Waals surface area (Å²) in [5.74, 6) is -0.386. The summed E-state index contributed by atoms with van der Waals surface area (Å²) in [6.45, 7) is 2.64. The highest BCUT2D eigenvalue weighted by molar-refractivity contribution is 7.86. The van der Waals surface area contributed by atoms with E-state index in [0.29, 0.717) is 13.1 Å². The number of hydrogen-bond donors (Lipinski definition) is 0. The van der Waals surface area contributed by atoms with Crippen LogP contribution in [-0.2, 0) is 30.4 Å². The highest BCUT2D eigenvalue weighted by atomic mass is 32.2. The standard InChI is InChI=1S/C15H21NO5S/c1-15(14(17)20-2)9-13(21-22(3,18)19)11-16(15)10-12-7-5-4-6-8-12/h4-8,13H,9-11H2,1-3H3/t13-,15-/m1/s1. The molecule has 6 nitrogen and oxygen atoms in total. The number of likely N-dealkylation sites (tertiary alicyclic amines) is 1. The minimum Gasteiger partial charge on any atom is -0.468 e. The van der Waals surface area contributed by atoms with Crippen molar-refractivity contribution in [2.24, 2.45) is 0 Å². The first-order chi connectivity index (χ1) is 10.2. The highest BCUT2D eigenvalue weighted by Crippen LogP contribution is 2.34. The van der Waals surface area contributed by atoms with Crippen LogP contribution in [0.3, 0.4) is 0 Å². The first kappa shape index (κ1) is 16.9. The molecule has 0 spiro atoms. The lowest BCUT2D eigenvalue weighted by molar-refractivity contribution is -0.152. The Hall–Kier alpha value is -1.44. The summed E-state index contributed by atoms with van der Waals surface area (Å²) in [7, 11) is -2.23. The molecule has 0 saturated carbocycles. The summed E-state index contributed by atoms with van der Waals surface area (Å²) in [4.78, 5) is 14.1. The molecular weight excluding hydrogens is 306 g/mol. The maximum absolute atomic E-state index is 12.2. The Morgan fingerprint density at radius 1 is 1.36 bits per heavy atom. The maximum Gasteiger partial charge on any atom is 0.326 e. The molecule has 0 unspecified atom stereocenters. The van der Waals surface area contributed by atoms with Gasteiger partial charge in [0.05, 0.1) is 19.5 Å². The smallest absolute Gasteiger partial charge is 0.326 e. The lowest BCUT2D eigenvalue weighted by Crippen LogP contribution is -2.48. The zero-order chi connectivity index (χ0) is 16.4. The molecule has 0 bridgehead atoms. The van der Waals surface area contributed by atoms with Crippen LogP contribution in [0.25, 0.3) is 0 Å². The van der Waals surface area contributed by atoms with Gasteiger partial charge in [-0.15, -0.1) is 0 Å². The van der Waals surface area contributed by atoms with Gasteiger partial charge in [0.25, 0.3) is 10.1 Å². The Kier molecular flexibility index (Phi) is 4.89. The quantitative estimate of drug-likeness (QED) is 0.597. The van der Waals surface area contributed by atoms with Crippen LogP contribution in [-0.4, -0.2) is 50.8 Å². The molecule has 7 heteroatoms. The van der Waals surface area contributed by atoms with Gasteiger partial charge in [-0.2, -0.15) is 8.42 Å². The number of esters is 1. The molecule has 0 radical (unpaired) electrons. The molecule has 1 aliphatic rings. The molecule has 1 fully saturated rings. The highest BCUT2D eigenvalue weighted by Gasteiger charge is 2.49. The monoisotopic (exact) mass is 327 g/mol. The SMILES string of the molecule is COC(=O)[C@@]1(C)C[C@@H](OS(C)(=O)=O)CN1Cc1ccccc1. The molecule has 2 rings (SSSR count). The van der Waals surface area contributed by atoms with Gasteiger partial charge < -0.3 is 4.74 Å². The van der Waals surface area contributed by atoms with Crippen LogP contribution in [0, 0.1) is 0 Å². The summed E-state index contributed by atoms with van der Waals surface area (Å²) in [6, 6.07) is 9.68. The van der Waals surface area contributed by atoms with Crippen molar-refractivity contribution in [1.29, 1.82) is 0 Å². The summed E-state index contributed by atoms with van der Waals surface area (Å²) in [5.41, 5.74) is 0.137. The number of benzene rings is 1. The van der Waals surface area contributed by atoms with Crippen molar-refractivity contribution in [3.05, 3.63) is 35.9 Å². The number of methoxy groups -OCH3 is 1. The van der Waals surface area contributed by atoms with Gasteiger partial charge in [-0.3, -0.25) is 13.9 Å². The third-order valence-electron chi connectivity index (χ3n) is 3.90. The van der Waals surface area contributed by atoms with E-state index in [1.165, 1.54) is 7.11 Å². The second-order valence-electron chi connectivity index (χ2n) is 5.76. The van der Waals surface area contributed by atoms with Gasteiger partial charge >= 0.3 is 5.97 Å². The number of hydrogen-bond acceptors (Lipinski definition) is 6. The second kappa shape index (κ2) is 6.36. The molecule has 1 aromatic carbocycles. The van der Waals surface area contributed by atoms with Crippen molar-refractivity contribution in [2.75, 3.05) is 19.9 Å². The molecule has 0 aromatic heterocycles. The third kappa shape index (κ3) is 3.85.